The Hall–Kier alpha value is -0.410. The number of rotatable bonds is 4. The maximum atomic E-state index is 11.3. The molecule has 0 unspecified atom stereocenters. The topological polar surface area (TPSA) is 17.1 Å². The van der Waals surface area contributed by atoms with E-state index in [1.165, 1.54) is 4.90 Å². The van der Waals surface area contributed by atoms with E-state index in [9.17, 15) is 4.79 Å². The fourth-order valence-electron chi connectivity index (χ4n) is 0.997. The smallest absolute Gasteiger partial charge is 0.162 e. The van der Waals surface area contributed by atoms with Crippen molar-refractivity contribution in [1.82, 2.24) is 0 Å². The van der Waals surface area contributed by atoms with Crippen LogP contribution in [0.5, 0.6) is 0 Å². The third-order valence-corrected chi connectivity index (χ3v) is 3.39. The zero-order chi connectivity index (χ0) is 9.68. The highest BCUT2D eigenvalue weighted by Gasteiger charge is 2.01. The van der Waals surface area contributed by atoms with Crippen molar-refractivity contribution in [3.63, 3.8) is 0 Å². The van der Waals surface area contributed by atoms with Gasteiger partial charge in [-0.25, -0.2) is 0 Å². The van der Waals surface area contributed by atoms with E-state index in [2.05, 4.69) is 0 Å². The molecule has 0 spiro atoms. The molecule has 0 aromatic heterocycles. The number of carbonyl (C=O) groups excluding carboxylic acids is 1. The summed E-state index contributed by atoms with van der Waals surface area (Å²) in [6, 6.07) is 7.77. The minimum absolute atomic E-state index is 0.209. The van der Waals surface area contributed by atoms with Gasteiger partial charge in [0.25, 0.3) is 0 Å². The first-order valence-corrected chi connectivity index (χ1v) is 6.67. The second-order valence-electron chi connectivity index (χ2n) is 2.55. The van der Waals surface area contributed by atoms with E-state index in [1.54, 1.807) is 21.6 Å². The quantitative estimate of drug-likeness (QED) is 0.560. The van der Waals surface area contributed by atoms with Crippen molar-refractivity contribution in [2.45, 2.75) is 18.2 Å². The summed E-state index contributed by atoms with van der Waals surface area (Å²) in [7, 11) is 3.42. The maximum Gasteiger partial charge on any atom is 0.162 e. The zero-order valence-corrected chi connectivity index (χ0v) is 9.37. The van der Waals surface area contributed by atoms with Gasteiger partial charge in [0.05, 0.1) is 0 Å². The van der Waals surface area contributed by atoms with Crippen LogP contribution in [-0.4, -0.2) is 12.0 Å². The first-order chi connectivity index (χ1) is 6.27. The lowest BCUT2D eigenvalue weighted by Crippen LogP contribution is -1.94. The van der Waals surface area contributed by atoms with Gasteiger partial charge in [-0.1, -0.05) is 40.6 Å². The van der Waals surface area contributed by atoms with Crippen LogP contribution in [0, 0.1) is 0 Å². The van der Waals surface area contributed by atoms with Crippen molar-refractivity contribution in [1.29, 1.82) is 0 Å². The van der Waals surface area contributed by atoms with Crippen molar-refractivity contribution >= 4 is 27.4 Å². The lowest BCUT2D eigenvalue weighted by atomic mass is 10.1. The first kappa shape index (κ1) is 10.7. The predicted molar refractivity (Wildman–Crippen MR) is 60.4 cm³/mol. The molecule has 0 saturated carbocycles. The second kappa shape index (κ2) is 5.35. The number of carbonyl (C=O) groups is 1. The molecule has 0 bridgehead atoms. The molecule has 13 heavy (non-hydrogen) atoms. The van der Waals surface area contributed by atoms with Crippen LogP contribution in [0.15, 0.2) is 29.2 Å². The SMILES string of the molecule is CCC(=O)c1ccc(SSC)cc1. The van der Waals surface area contributed by atoms with Crippen LogP contribution in [0.3, 0.4) is 0 Å². The van der Waals surface area contributed by atoms with Gasteiger partial charge in [-0.15, -0.1) is 0 Å². The van der Waals surface area contributed by atoms with E-state index in [4.69, 9.17) is 0 Å². The van der Waals surface area contributed by atoms with E-state index >= 15 is 0 Å². The highest BCUT2D eigenvalue weighted by Crippen LogP contribution is 2.28. The Bertz CT molecular complexity index is 279. The van der Waals surface area contributed by atoms with Crippen LogP contribution in [0.4, 0.5) is 0 Å². The number of Topliss-reactive ketones (excluding diaryl/α,β-unsaturated/α-hetero) is 1. The third-order valence-electron chi connectivity index (χ3n) is 1.68. The van der Waals surface area contributed by atoms with Gasteiger partial charge in [0.2, 0.25) is 0 Å². The van der Waals surface area contributed by atoms with Crippen molar-refractivity contribution in [2.75, 3.05) is 6.26 Å². The molecule has 0 amide bonds. The Morgan fingerprint density at radius 2 is 1.92 bits per heavy atom. The van der Waals surface area contributed by atoms with Gasteiger partial charge in [0.15, 0.2) is 5.78 Å². The minimum Gasteiger partial charge on any atom is -0.294 e. The van der Waals surface area contributed by atoms with Crippen LogP contribution in [0.1, 0.15) is 23.7 Å². The Labute approximate surface area is 86.7 Å². The van der Waals surface area contributed by atoms with Crippen LogP contribution in [-0.2, 0) is 0 Å². The summed E-state index contributed by atoms with van der Waals surface area (Å²) in [6.45, 7) is 1.88. The molecule has 1 aromatic rings. The van der Waals surface area contributed by atoms with Gasteiger partial charge in [0.1, 0.15) is 0 Å². The second-order valence-corrected chi connectivity index (χ2v) is 5.02. The predicted octanol–water partition coefficient (Wildman–Crippen LogP) is 3.65. The molecule has 0 atom stereocenters. The van der Waals surface area contributed by atoms with Crippen LogP contribution in [0.25, 0.3) is 0 Å². The largest absolute Gasteiger partial charge is 0.294 e. The molecule has 0 radical (unpaired) electrons. The number of hydrogen-bond donors (Lipinski definition) is 0. The van der Waals surface area contributed by atoms with Gasteiger partial charge in [-0.2, -0.15) is 0 Å². The summed E-state index contributed by atoms with van der Waals surface area (Å²) in [5.74, 6) is 0.209. The summed E-state index contributed by atoms with van der Waals surface area (Å²) in [5, 5.41) is 0. The normalized spacial score (nSPS) is 10.0. The Morgan fingerprint density at radius 3 is 2.38 bits per heavy atom. The van der Waals surface area contributed by atoms with E-state index in [1.807, 2.05) is 37.4 Å². The van der Waals surface area contributed by atoms with Crippen molar-refractivity contribution in [3.05, 3.63) is 29.8 Å². The first-order valence-electron chi connectivity index (χ1n) is 4.12. The van der Waals surface area contributed by atoms with Gasteiger partial charge >= 0.3 is 0 Å². The molecule has 70 valence electrons. The standard InChI is InChI=1S/C10H12OS2/c1-3-10(11)8-4-6-9(7-5-8)13-12-2/h4-7H,3H2,1-2H3. The third kappa shape index (κ3) is 3.08. The lowest BCUT2D eigenvalue weighted by molar-refractivity contribution is 0.0988. The molecule has 0 aliphatic carbocycles. The van der Waals surface area contributed by atoms with Crippen LogP contribution >= 0.6 is 21.6 Å². The highest BCUT2D eigenvalue weighted by molar-refractivity contribution is 8.76. The number of benzene rings is 1. The van der Waals surface area contributed by atoms with Crippen molar-refractivity contribution < 1.29 is 4.79 Å². The Morgan fingerprint density at radius 1 is 1.31 bits per heavy atom. The van der Waals surface area contributed by atoms with Crippen molar-refractivity contribution in [3.8, 4) is 0 Å². The Kier molecular flexibility index (Phi) is 4.39. The van der Waals surface area contributed by atoms with Crippen LogP contribution < -0.4 is 0 Å². The van der Waals surface area contributed by atoms with E-state index in [0.29, 0.717) is 6.42 Å². The summed E-state index contributed by atoms with van der Waals surface area (Å²) in [6.07, 6.45) is 2.62. The number of hydrogen-bond acceptors (Lipinski definition) is 3. The minimum atomic E-state index is 0.209. The molecule has 0 aliphatic heterocycles. The highest BCUT2D eigenvalue weighted by atomic mass is 33.1. The summed E-state index contributed by atoms with van der Waals surface area (Å²) < 4.78 is 0. The molecule has 0 N–H and O–H groups in total. The van der Waals surface area contributed by atoms with E-state index in [0.717, 1.165) is 5.56 Å². The molecule has 3 heteroatoms. The molecule has 1 aromatic carbocycles. The van der Waals surface area contributed by atoms with E-state index in [-0.39, 0.29) is 5.78 Å². The van der Waals surface area contributed by atoms with Gasteiger partial charge in [0, 0.05) is 16.9 Å². The monoisotopic (exact) mass is 212 g/mol. The molecule has 0 fully saturated rings. The summed E-state index contributed by atoms with van der Waals surface area (Å²) in [5.41, 5.74) is 0.813. The molecule has 0 saturated heterocycles. The molecule has 1 nitrogen and oxygen atoms in total. The zero-order valence-electron chi connectivity index (χ0n) is 7.74. The van der Waals surface area contributed by atoms with Crippen molar-refractivity contribution in [2.24, 2.45) is 0 Å². The van der Waals surface area contributed by atoms with E-state index < -0.39 is 0 Å². The Balaban J connectivity index is 2.75. The average molecular weight is 212 g/mol. The van der Waals surface area contributed by atoms with Gasteiger partial charge in [-0.3, -0.25) is 4.79 Å². The maximum absolute atomic E-state index is 11.3. The van der Waals surface area contributed by atoms with Gasteiger partial charge in [-0.05, 0) is 18.4 Å². The summed E-state index contributed by atoms with van der Waals surface area (Å²) in [4.78, 5) is 12.5. The fourth-order valence-corrected chi connectivity index (χ4v) is 2.35. The molecule has 0 aliphatic rings. The molecular formula is C10H12OS2. The molecule has 0 heterocycles. The lowest BCUT2D eigenvalue weighted by Gasteiger charge is -1.99. The molecule has 1 rings (SSSR count). The van der Waals surface area contributed by atoms with Crippen LogP contribution in [0.2, 0.25) is 0 Å². The number of ketones is 1. The molecular weight excluding hydrogens is 200 g/mol. The average Bonchev–Trinajstić information content (AvgIpc) is 2.18. The fraction of sp³-hybridized carbons (Fsp3) is 0.300. The van der Waals surface area contributed by atoms with Gasteiger partial charge < -0.3 is 0 Å². The summed E-state index contributed by atoms with van der Waals surface area (Å²) >= 11 is 0.